The van der Waals surface area contributed by atoms with Crippen LogP contribution < -0.4 is 9.46 Å². The first kappa shape index (κ1) is 16.3. The molecular formula is C17H17NO5S. The number of methoxy groups -OCH3 is 1. The number of carbonyl (C=O) groups excluding carboxylic acids is 1. The number of sulfonamides is 1. The first-order valence-electron chi connectivity index (χ1n) is 7.39. The molecule has 1 N–H and O–H groups in total. The Bertz CT molecular complexity index is 905. The molecule has 0 radical (unpaired) electrons. The van der Waals surface area contributed by atoms with Gasteiger partial charge in [0.2, 0.25) is 0 Å². The molecule has 1 heterocycles. The van der Waals surface area contributed by atoms with Crippen LogP contribution in [0.3, 0.4) is 0 Å². The van der Waals surface area contributed by atoms with Crippen LogP contribution in [0.4, 0.5) is 5.69 Å². The van der Waals surface area contributed by atoms with E-state index in [4.69, 9.17) is 9.47 Å². The van der Waals surface area contributed by atoms with E-state index in [0.29, 0.717) is 24.3 Å². The van der Waals surface area contributed by atoms with Crippen LogP contribution in [0.15, 0.2) is 41.3 Å². The average molecular weight is 347 g/mol. The molecule has 1 aliphatic rings. The number of nitrogens with one attached hydrogen (secondary N) is 1. The van der Waals surface area contributed by atoms with Crippen molar-refractivity contribution in [1.29, 1.82) is 0 Å². The van der Waals surface area contributed by atoms with Gasteiger partial charge in [-0.05, 0) is 42.3 Å². The van der Waals surface area contributed by atoms with Gasteiger partial charge in [0.05, 0.1) is 29.9 Å². The van der Waals surface area contributed by atoms with Gasteiger partial charge in [0.15, 0.2) is 0 Å². The summed E-state index contributed by atoms with van der Waals surface area (Å²) in [5.41, 5.74) is 1.88. The lowest BCUT2D eigenvalue weighted by Crippen LogP contribution is -2.17. The molecule has 2 aromatic carbocycles. The number of fused-ring (bicyclic) bond motifs is 1. The molecule has 0 saturated carbocycles. The van der Waals surface area contributed by atoms with Crippen LogP contribution in [0, 0.1) is 6.92 Å². The maximum atomic E-state index is 12.7. The molecule has 126 valence electrons. The number of hydrogen-bond acceptors (Lipinski definition) is 5. The summed E-state index contributed by atoms with van der Waals surface area (Å²) in [6, 6.07) is 9.65. The number of benzene rings is 2. The molecule has 0 unspecified atom stereocenters. The fourth-order valence-corrected chi connectivity index (χ4v) is 3.81. The van der Waals surface area contributed by atoms with Crippen molar-refractivity contribution in [2.24, 2.45) is 0 Å². The highest BCUT2D eigenvalue weighted by Crippen LogP contribution is 2.30. The molecule has 1 aliphatic heterocycles. The summed E-state index contributed by atoms with van der Waals surface area (Å²) in [5.74, 6) is 0.110. The Labute approximate surface area is 140 Å². The van der Waals surface area contributed by atoms with Crippen LogP contribution in [-0.2, 0) is 21.2 Å². The first-order chi connectivity index (χ1) is 11.4. The van der Waals surface area contributed by atoms with E-state index in [2.05, 4.69) is 4.72 Å². The maximum absolute atomic E-state index is 12.7. The summed E-state index contributed by atoms with van der Waals surface area (Å²) in [6.45, 7) is 2.28. The molecule has 2 aromatic rings. The summed E-state index contributed by atoms with van der Waals surface area (Å²) in [6.07, 6.45) is 0.677. The number of hydrogen-bond donors (Lipinski definition) is 1. The van der Waals surface area contributed by atoms with Crippen LogP contribution >= 0.6 is 0 Å². The van der Waals surface area contributed by atoms with Gasteiger partial charge in [0.25, 0.3) is 10.0 Å². The molecule has 0 fully saturated rings. The van der Waals surface area contributed by atoms with Gasteiger partial charge in [-0.2, -0.15) is 0 Å². The molecule has 0 saturated heterocycles. The minimum atomic E-state index is -3.83. The third kappa shape index (κ3) is 2.94. The number of aryl methyl sites for hydroxylation is 1. The van der Waals surface area contributed by atoms with Crippen LogP contribution in [0.2, 0.25) is 0 Å². The Morgan fingerprint density at radius 1 is 1.25 bits per heavy atom. The quantitative estimate of drug-likeness (QED) is 0.860. The monoisotopic (exact) mass is 347 g/mol. The number of carbonyl (C=O) groups is 1. The largest absolute Gasteiger partial charge is 0.493 e. The fraction of sp³-hybridized carbons (Fsp3) is 0.235. The number of rotatable bonds is 4. The van der Waals surface area contributed by atoms with E-state index in [-0.39, 0.29) is 16.1 Å². The van der Waals surface area contributed by atoms with Crippen molar-refractivity contribution in [2.75, 3.05) is 18.4 Å². The van der Waals surface area contributed by atoms with Gasteiger partial charge < -0.3 is 9.47 Å². The molecule has 24 heavy (non-hydrogen) atoms. The van der Waals surface area contributed by atoms with Gasteiger partial charge in [-0.3, -0.25) is 4.72 Å². The summed E-state index contributed by atoms with van der Waals surface area (Å²) < 4.78 is 38.0. The molecule has 0 amide bonds. The van der Waals surface area contributed by atoms with Gasteiger partial charge in [0.1, 0.15) is 5.75 Å². The minimum Gasteiger partial charge on any atom is -0.493 e. The summed E-state index contributed by atoms with van der Waals surface area (Å²) in [5, 5.41) is 0. The van der Waals surface area contributed by atoms with Crippen LogP contribution in [0.25, 0.3) is 0 Å². The highest BCUT2D eigenvalue weighted by atomic mass is 32.2. The van der Waals surface area contributed by atoms with Crippen molar-refractivity contribution in [1.82, 2.24) is 0 Å². The van der Waals surface area contributed by atoms with Gasteiger partial charge in [0, 0.05) is 6.42 Å². The zero-order valence-electron chi connectivity index (χ0n) is 13.3. The number of ether oxygens (including phenoxy) is 2. The molecule has 0 bridgehead atoms. The average Bonchev–Trinajstić information content (AvgIpc) is 3.03. The van der Waals surface area contributed by atoms with E-state index in [1.54, 1.807) is 31.2 Å². The van der Waals surface area contributed by atoms with E-state index in [1.807, 2.05) is 0 Å². The van der Waals surface area contributed by atoms with Gasteiger partial charge in [-0.1, -0.05) is 12.1 Å². The van der Waals surface area contributed by atoms with Crippen molar-refractivity contribution < 1.29 is 22.7 Å². The van der Waals surface area contributed by atoms with Crippen molar-refractivity contribution in [3.63, 3.8) is 0 Å². The standard InChI is InChI=1S/C17H17NO5S/c1-11-4-3-5-14(17(19)22-2)16(11)18-24(20,21)13-6-7-15-12(10-13)8-9-23-15/h3-7,10,18H,8-9H2,1-2H3. The van der Waals surface area contributed by atoms with Gasteiger partial charge in [-0.15, -0.1) is 0 Å². The maximum Gasteiger partial charge on any atom is 0.340 e. The highest BCUT2D eigenvalue weighted by molar-refractivity contribution is 7.92. The predicted octanol–water partition coefficient (Wildman–Crippen LogP) is 2.52. The number of anilines is 1. The summed E-state index contributed by atoms with van der Waals surface area (Å²) in [7, 11) is -2.58. The SMILES string of the molecule is COC(=O)c1cccc(C)c1NS(=O)(=O)c1ccc2c(c1)CCO2. The van der Waals surface area contributed by atoms with E-state index >= 15 is 0 Å². The first-order valence-corrected chi connectivity index (χ1v) is 8.87. The second-order valence-corrected chi connectivity index (χ2v) is 7.14. The molecule has 0 atom stereocenters. The normalized spacial score (nSPS) is 13.1. The summed E-state index contributed by atoms with van der Waals surface area (Å²) >= 11 is 0. The van der Waals surface area contributed by atoms with Crippen LogP contribution in [-0.4, -0.2) is 28.1 Å². The second kappa shape index (κ2) is 6.16. The van der Waals surface area contributed by atoms with Gasteiger partial charge in [-0.25, -0.2) is 13.2 Å². The zero-order chi connectivity index (χ0) is 17.3. The Morgan fingerprint density at radius 3 is 2.79 bits per heavy atom. The highest BCUT2D eigenvalue weighted by Gasteiger charge is 2.23. The number of esters is 1. The van der Waals surface area contributed by atoms with Crippen molar-refractivity contribution in [3.8, 4) is 5.75 Å². The molecule has 7 heteroatoms. The van der Waals surface area contributed by atoms with Crippen molar-refractivity contribution >= 4 is 21.7 Å². The van der Waals surface area contributed by atoms with Crippen LogP contribution in [0.5, 0.6) is 5.75 Å². The lowest BCUT2D eigenvalue weighted by Gasteiger charge is -2.14. The van der Waals surface area contributed by atoms with E-state index in [0.717, 1.165) is 5.56 Å². The minimum absolute atomic E-state index is 0.130. The molecule has 3 rings (SSSR count). The van der Waals surface area contributed by atoms with Gasteiger partial charge >= 0.3 is 5.97 Å². The van der Waals surface area contributed by atoms with Crippen molar-refractivity contribution in [2.45, 2.75) is 18.2 Å². The number of para-hydroxylation sites is 1. The Hall–Kier alpha value is -2.54. The smallest absolute Gasteiger partial charge is 0.340 e. The molecular weight excluding hydrogens is 330 g/mol. The topological polar surface area (TPSA) is 81.7 Å². The van der Waals surface area contributed by atoms with Crippen LogP contribution in [0.1, 0.15) is 21.5 Å². The summed E-state index contributed by atoms with van der Waals surface area (Å²) in [4.78, 5) is 12.0. The second-order valence-electron chi connectivity index (χ2n) is 5.46. The van der Waals surface area contributed by atoms with Crippen molar-refractivity contribution in [3.05, 3.63) is 53.1 Å². The molecule has 0 aromatic heterocycles. The van der Waals surface area contributed by atoms with E-state index in [9.17, 15) is 13.2 Å². The Kier molecular flexibility index (Phi) is 4.19. The lowest BCUT2D eigenvalue weighted by molar-refractivity contribution is 0.0602. The zero-order valence-corrected chi connectivity index (χ0v) is 14.1. The van der Waals surface area contributed by atoms with E-state index < -0.39 is 16.0 Å². The molecule has 6 nitrogen and oxygen atoms in total. The molecule has 0 spiro atoms. The van der Waals surface area contributed by atoms with E-state index in [1.165, 1.54) is 19.2 Å². The molecule has 0 aliphatic carbocycles. The lowest BCUT2D eigenvalue weighted by atomic mass is 10.1. The fourth-order valence-electron chi connectivity index (χ4n) is 2.61. The third-order valence-electron chi connectivity index (χ3n) is 3.89. The predicted molar refractivity (Wildman–Crippen MR) is 89.0 cm³/mol. The Balaban J connectivity index is 2.00. The Morgan fingerprint density at radius 2 is 2.04 bits per heavy atom. The third-order valence-corrected chi connectivity index (χ3v) is 5.23.